The first-order valence-corrected chi connectivity index (χ1v) is 14.4. The second-order valence-corrected chi connectivity index (χ2v) is 10.5. The summed E-state index contributed by atoms with van der Waals surface area (Å²) in [5.41, 5.74) is 4.26. The van der Waals surface area contributed by atoms with Crippen molar-refractivity contribution in [3.05, 3.63) is 102 Å². The van der Waals surface area contributed by atoms with Gasteiger partial charge >= 0.3 is 0 Å². The van der Waals surface area contributed by atoms with Gasteiger partial charge in [-0.2, -0.15) is 0 Å². The lowest BCUT2D eigenvalue weighted by Crippen LogP contribution is -2.52. The van der Waals surface area contributed by atoms with E-state index >= 15 is 0 Å². The minimum atomic E-state index is -0.120. The molecule has 1 saturated heterocycles. The van der Waals surface area contributed by atoms with Crippen LogP contribution in [0.2, 0.25) is 0 Å². The van der Waals surface area contributed by atoms with E-state index in [2.05, 4.69) is 15.1 Å². The van der Waals surface area contributed by atoms with E-state index in [1.165, 1.54) is 0 Å². The molecule has 5 rings (SSSR count). The molecule has 1 aromatic heterocycles. The summed E-state index contributed by atoms with van der Waals surface area (Å²) in [6.45, 7) is 4.78. The minimum Gasteiger partial charge on any atom is -0.493 e. The minimum absolute atomic E-state index is 0.0415. The molecule has 0 N–H and O–H groups in total. The largest absolute Gasteiger partial charge is 0.493 e. The highest BCUT2D eigenvalue weighted by Crippen LogP contribution is 2.31. The van der Waals surface area contributed by atoms with Gasteiger partial charge in [0.05, 0.1) is 19.9 Å². The van der Waals surface area contributed by atoms with Crippen LogP contribution in [-0.4, -0.2) is 85.3 Å². The van der Waals surface area contributed by atoms with Crippen LogP contribution < -0.4 is 14.4 Å². The molecule has 43 heavy (non-hydrogen) atoms. The lowest BCUT2D eigenvalue weighted by atomic mass is 10.1. The second-order valence-electron chi connectivity index (χ2n) is 10.5. The van der Waals surface area contributed by atoms with Crippen LogP contribution in [0.15, 0.2) is 84.9 Å². The summed E-state index contributed by atoms with van der Waals surface area (Å²) in [5.74, 6) is 1.87. The molecule has 2 amide bonds. The molecule has 222 valence electrons. The molecule has 4 aromatic rings. The van der Waals surface area contributed by atoms with Crippen molar-refractivity contribution < 1.29 is 19.1 Å². The van der Waals surface area contributed by atoms with Crippen molar-refractivity contribution in [3.63, 3.8) is 0 Å². The van der Waals surface area contributed by atoms with Crippen LogP contribution in [0.1, 0.15) is 21.5 Å². The van der Waals surface area contributed by atoms with E-state index < -0.39 is 0 Å². The Morgan fingerprint density at radius 3 is 2.21 bits per heavy atom. The standard InChI is InChI=1S/C34H37N5O4/c1-25-9-7-8-12-28(25)34(41)39(18-17-26-10-5-4-6-11-26)24-33(40)38-21-19-37(20-22-38)32-16-14-29(35-36-32)27-13-15-30(42-2)31(23-27)43-3/h4-16,23H,17-22,24H2,1-3H3. The number of amides is 2. The van der Waals surface area contributed by atoms with E-state index in [1.807, 2.05) is 96.8 Å². The van der Waals surface area contributed by atoms with Gasteiger partial charge in [0, 0.05) is 43.9 Å². The molecular formula is C34H37N5O4. The fourth-order valence-corrected chi connectivity index (χ4v) is 5.24. The number of carbonyl (C=O) groups excluding carboxylic acids is 2. The third kappa shape index (κ3) is 7.12. The van der Waals surface area contributed by atoms with Crippen molar-refractivity contribution in [1.29, 1.82) is 0 Å². The molecule has 0 saturated carbocycles. The van der Waals surface area contributed by atoms with Gasteiger partial charge in [0.15, 0.2) is 17.3 Å². The molecular weight excluding hydrogens is 542 g/mol. The summed E-state index contributed by atoms with van der Waals surface area (Å²) < 4.78 is 10.7. The fraction of sp³-hybridized carbons (Fsp3) is 0.294. The number of benzene rings is 3. The van der Waals surface area contributed by atoms with Crippen molar-refractivity contribution in [3.8, 4) is 22.8 Å². The average molecular weight is 580 g/mol. The van der Waals surface area contributed by atoms with Gasteiger partial charge in [0.25, 0.3) is 5.91 Å². The zero-order valence-electron chi connectivity index (χ0n) is 24.9. The number of piperazine rings is 1. The van der Waals surface area contributed by atoms with Gasteiger partial charge in [0.2, 0.25) is 5.91 Å². The van der Waals surface area contributed by atoms with Gasteiger partial charge in [-0.3, -0.25) is 9.59 Å². The molecule has 2 heterocycles. The first-order chi connectivity index (χ1) is 21.0. The Labute approximate surface area is 252 Å². The smallest absolute Gasteiger partial charge is 0.254 e. The van der Waals surface area contributed by atoms with Gasteiger partial charge in [-0.15, -0.1) is 10.2 Å². The molecule has 0 radical (unpaired) electrons. The topological polar surface area (TPSA) is 88.1 Å². The van der Waals surface area contributed by atoms with E-state index in [0.717, 1.165) is 28.2 Å². The zero-order chi connectivity index (χ0) is 30.2. The zero-order valence-corrected chi connectivity index (χ0v) is 24.9. The SMILES string of the molecule is COc1ccc(-c2ccc(N3CCN(C(=O)CN(CCc4ccccc4)C(=O)c4ccccc4C)CC3)nn2)cc1OC. The first-order valence-electron chi connectivity index (χ1n) is 14.4. The van der Waals surface area contributed by atoms with Gasteiger partial charge in [-0.25, -0.2) is 0 Å². The molecule has 1 fully saturated rings. The van der Waals surface area contributed by atoms with Gasteiger partial charge in [0.1, 0.15) is 6.54 Å². The normalized spacial score (nSPS) is 13.0. The van der Waals surface area contributed by atoms with Gasteiger partial charge < -0.3 is 24.2 Å². The number of hydrogen-bond donors (Lipinski definition) is 0. The highest BCUT2D eigenvalue weighted by atomic mass is 16.5. The van der Waals surface area contributed by atoms with E-state index in [-0.39, 0.29) is 18.4 Å². The molecule has 9 heteroatoms. The molecule has 9 nitrogen and oxygen atoms in total. The van der Waals surface area contributed by atoms with Crippen molar-refractivity contribution in [2.75, 3.05) is 58.4 Å². The van der Waals surface area contributed by atoms with Crippen LogP contribution in [0.25, 0.3) is 11.3 Å². The summed E-state index contributed by atoms with van der Waals surface area (Å²) in [5, 5.41) is 8.90. The molecule has 0 bridgehead atoms. The number of carbonyl (C=O) groups is 2. The number of nitrogens with zero attached hydrogens (tertiary/aromatic N) is 5. The molecule has 1 aliphatic rings. The Morgan fingerprint density at radius 1 is 0.814 bits per heavy atom. The monoisotopic (exact) mass is 579 g/mol. The summed E-state index contributed by atoms with van der Waals surface area (Å²) in [4.78, 5) is 32.7. The average Bonchev–Trinajstić information content (AvgIpc) is 3.06. The molecule has 1 aliphatic heterocycles. The lowest BCUT2D eigenvalue weighted by Gasteiger charge is -2.36. The summed E-state index contributed by atoms with van der Waals surface area (Å²) in [6.07, 6.45) is 0.678. The van der Waals surface area contributed by atoms with E-state index in [0.29, 0.717) is 56.2 Å². The third-order valence-corrected chi connectivity index (χ3v) is 7.79. The van der Waals surface area contributed by atoms with Crippen LogP contribution in [-0.2, 0) is 11.2 Å². The number of hydrogen-bond acceptors (Lipinski definition) is 7. The Balaban J connectivity index is 1.21. The number of aryl methyl sites for hydroxylation is 1. The molecule has 0 spiro atoms. The summed E-state index contributed by atoms with van der Waals surface area (Å²) in [7, 11) is 3.21. The number of aromatic nitrogens is 2. The highest BCUT2D eigenvalue weighted by molar-refractivity contribution is 5.97. The molecule has 3 aromatic carbocycles. The maximum atomic E-state index is 13.6. The van der Waals surface area contributed by atoms with Crippen LogP contribution in [0.3, 0.4) is 0 Å². The molecule has 0 atom stereocenters. The van der Waals surface area contributed by atoms with Crippen molar-refractivity contribution in [2.24, 2.45) is 0 Å². The number of anilines is 1. The van der Waals surface area contributed by atoms with Gasteiger partial charge in [-0.05, 0) is 60.9 Å². The van der Waals surface area contributed by atoms with E-state index in [4.69, 9.17) is 9.47 Å². The van der Waals surface area contributed by atoms with E-state index in [1.54, 1.807) is 19.1 Å². The molecule has 0 aliphatic carbocycles. The van der Waals surface area contributed by atoms with Crippen molar-refractivity contribution >= 4 is 17.6 Å². The van der Waals surface area contributed by atoms with Gasteiger partial charge in [-0.1, -0.05) is 48.5 Å². The second kappa shape index (κ2) is 13.8. The lowest BCUT2D eigenvalue weighted by molar-refractivity contribution is -0.132. The number of methoxy groups -OCH3 is 2. The fourth-order valence-electron chi connectivity index (χ4n) is 5.24. The van der Waals surface area contributed by atoms with Crippen LogP contribution in [0.5, 0.6) is 11.5 Å². The molecule has 0 unspecified atom stereocenters. The summed E-state index contributed by atoms with van der Waals surface area (Å²) >= 11 is 0. The predicted octanol–water partition coefficient (Wildman–Crippen LogP) is 4.50. The highest BCUT2D eigenvalue weighted by Gasteiger charge is 2.26. The number of rotatable bonds is 10. The Morgan fingerprint density at radius 2 is 1.53 bits per heavy atom. The summed E-state index contributed by atoms with van der Waals surface area (Å²) in [6, 6.07) is 27.1. The van der Waals surface area contributed by atoms with Crippen LogP contribution in [0, 0.1) is 6.92 Å². The maximum Gasteiger partial charge on any atom is 0.254 e. The Bertz CT molecular complexity index is 1540. The van der Waals surface area contributed by atoms with Crippen LogP contribution in [0.4, 0.5) is 5.82 Å². The quantitative estimate of drug-likeness (QED) is 0.273. The first kappa shape index (κ1) is 29.6. The van der Waals surface area contributed by atoms with Crippen LogP contribution >= 0.6 is 0 Å². The van der Waals surface area contributed by atoms with Crippen molar-refractivity contribution in [1.82, 2.24) is 20.0 Å². The predicted molar refractivity (Wildman–Crippen MR) is 167 cm³/mol. The third-order valence-electron chi connectivity index (χ3n) is 7.79. The van der Waals surface area contributed by atoms with Crippen molar-refractivity contribution in [2.45, 2.75) is 13.3 Å². The Kier molecular flexibility index (Phi) is 9.51. The van der Waals surface area contributed by atoms with E-state index in [9.17, 15) is 9.59 Å². The number of ether oxygens (including phenoxy) is 2. The Hall–Kier alpha value is -4.92. The maximum absolute atomic E-state index is 13.6.